The Bertz CT molecular complexity index is 565. The zero-order valence-electron chi connectivity index (χ0n) is 13.4. The number of Topliss-reactive ketones (excluding diaryl/α,β-unsaturated/α-hetero) is 1. The van der Waals surface area contributed by atoms with Crippen LogP contribution in [0.4, 0.5) is 0 Å². The molecule has 1 amide bonds. The lowest BCUT2D eigenvalue weighted by Gasteiger charge is -2.28. The molecule has 0 aliphatic heterocycles. The van der Waals surface area contributed by atoms with Gasteiger partial charge in [0, 0.05) is 23.8 Å². The predicted octanol–water partition coefficient (Wildman–Crippen LogP) is 3.96. The molecule has 0 radical (unpaired) electrons. The SMILES string of the molecule is Cc1ccc(C(=O)CCC(=O)NC(C)C2CC3CCC2C3)s1. The summed E-state index contributed by atoms with van der Waals surface area (Å²) < 4.78 is 0. The van der Waals surface area contributed by atoms with Gasteiger partial charge in [-0.2, -0.15) is 0 Å². The summed E-state index contributed by atoms with van der Waals surface area (Å²) in [5, 5.41) is 3.13. The van der Waals surface area contributed by atoms with Crippen molar-refractivity contribution in [3.05, 3.63) is 21.9 Å². The van der Waals surface area contributed by atoms with Crippen molar-refractivity contribution in [1.82, 2.24) is 5.32 Å². The second-order valence-electron chi connectivity index (χ2n) is 7.03. The van der Waals surface area contributed by atoms with Gasteiger partial charge < -0.3 is 5.32 Å². The molecule has 3 nitrogen and oxygen atoms in total. The van der Waals surface area contributed by atoms with E-state index in [9.17, 15) is 9.59 Å². The molecule has 1 aromatic heterocycles. The van der Waals surface area contributed by atoms with E-state index in [2.05, 4.69) is 12.2 Å². The average molecular weight is 319 g/mol. The third-order valence-electron chi connectivity index (χ3n) is 5.42. The molecule has 120 valence electrons. The van der Waals surface area contributed by atoms with Crippen LogP contribution in [0.2, 0.25) is 0 Å². The Kier molecular flexibility index (Phi) is 4.67. The number of hydrogen-bond donors (Lipinski definition) is 1. The molecule has 1 aromatic rings. The van der Waals surface area contributed by atoms with Crippen LogP contribution in [-0.4, -0.2) is 17.7 Å². The minimum absolute atomic E-state index is 0.0249. The second-order valence-corrected chi connectivity index (χ2v) is 8.32. The quantitative estimate of drug-likeness (QED) is 0.807. The molecule has 0 aromatic carbocycles. The monoisotopic (exact) mass is 319 g/mol. The fraction of sp³-hybridized carbons (Fsp3) is 0.667. The lowest BCUT2D eigenvalue weighted by molar-refractivity contribution is -0.122. The molecule has 1 N–H and O–H groups in total. The number of nitrogens with one attached hydrogen (secondary N) is 1. The normalized spacial score (nSPS) is 27.8. The van der Waals surface area contributed by atoms with Crippen molar-refractivity contribution in [2.75, 3.05) is 0 Å². The van der Waals surface area contributed by atoms with Crippen molar-refractivity contribution in [3.63, 3.8) is 0 Å². The van der Waals surface area contributed by atoms with E-state index in [1.54, 1.807) is 0 Å². The highest BCUT2D eigenvalue weighted by Crippen LogP contribution is 2.49. The maximum atomic E-state index is 12.1. The fourth-order valence-corrected chi connectivity index (χ4v) is 5.11. The van der Waals surface area contributed by atoms with Gasteiger partial charge in [0.2, 0.25) is 5.91 Å². The maximum Gasteiger partial charge on any atom is 0.220 e. The number of aryl methyl sites for hydroxylation is 1. The minimum Gasteiger partial charge on any atom is -0.353 e. The molecule has 22 heavy (non-hydrogen) atoms. The van der Waals surface area contributed by atoms with Crippen molar-refractivity contribution in [3.8, 4) is 0 Å². The Morgan fingerprint density at radius 2 is 2.09 bits per heavy atom. The minimum atomic E-state index is 0.0249. The van der Waals surface area contributed by atoms with Gasteiger partial charge in [0.15, 0.2) is 5.78 Å². The number of hydrogen-bond acceptors (Lipinski definition) is 3. The van der Waals surface area contributed by atoms with Gasteiger partial charge in [0.25, 0.3) is 0 Å². The third kappa shape index (κ3) is 3.43. The van der Waals surface area contributed by atoms with Crippen LogP contribution in [0.5, 0.6) is 0 Å². The van der Waals surface area contributed by atoms with E-state index < -0.39 is 0 Å². The number of thiophene rings is 1. The summed E-state index contributed by atoms with van der Waals surface area (Å²) in [6.07, 6.45) is 5.99. The molecule has 1 heterocycles. The van der Waals surface area contributed by atoms with Gasteiger partial charge in [-0.25, -0.2) is 0 Å². The molecule has 2 fully saturated rings. The molecule has 4 heteroatoms. The van der Waals surface area contributed by atoms with Crippen LogP contribution in [0.3, 0.4) is 0 Å². The van der Waals surface area contributed by atoms with E-state index in [-0.39, 0.29) is 17.7 Å². The first-order valence-electron chi connectivity index (χ1n) is 8.42. The summed E-state index contributed by atoms with van der Waals surface area (Å²) >= 11 is 1.51. The van der Waals surface area contributed by atoms with E-state index >= 15 is 0 Å². The van der Waals surface area contributed by atoms with E-state index in [4.69, 9.17) is 0 Å². The van der Waals surface area contributed by atoms with Crippen LogP contribution in [0, 0.1) is 24.7 Å². The lowest BCUT2D eigenvalue weighted by Crippen LogP contribution is -2.40. The maximum absolute atomic E-state index is 12.1. The number of carbonyl (C=O) groups is 2. The number of ketones is 1. The van der Waals surface area contributed by atoms with Crippen molar-refractivity contribution in [1.29, 1.82) is 0 Å². The Morgan fingerprint density at radius 3 is 2.68 bits per heavy atom. The van der Waals surface area contributed by atoms with Crippen LogP contribution >= 0.6 is 11.3 Å². The number of fused-ring (bicyclic) bond motifs is 2. The van der Waals surface area contributed by atoms with Crippen molar-refractivity contribution >= 4 is 23.0 Å². The van der Waals surface area contributed by atoms with Gasteiger partial charge in [0.05, 0.1) is 4.88 Å². The van der Waals surface area contributed by atoms with Crippen molar-refractivity contribution in [2.45, 2.75) is 58.4 Å². The van der Waals surface area contributed by atoms with E-state index in [0.717, 1.165) is 21.6 Å². The zero-order chi connectivity index (χ0) is 15.7. The Morgan fingerprint density at radius 1 is 1.27 bits per heavy atom. The average Bonchev–Trinajstić information content (AvgIpc) is 3.20. The summed E-state index contributed by atoms with van der Waals surface area (Å²) in [4.78, 5) is 26.0. The fourth-order valence-electron chi connectivity index (χ4n) is 4.27. The van der Waals surface area contributed by atoms with Crippen LogP contribution in [0.1, 0.15) is 60.0 Å². The molecule has 2 saturated carbocycles. The van der Waals surface area contributed by atoms with E-state index in [0.29, 0.717) is 18.8 Å². The molecule has 2 bridgehead atoms. The van der Waals surface area contributed by atoms with E-state index in [1.807, 2.05) is 19.1 Å². The first-order chi connectivity index (χ1) is 10.5. The Labute approximate surface area is 136 Å². The summed E-state index contributed by atoms with van der Waals surface area (Å²) in [5.74, 6) is 2.48. The summed E-state index contributed by atoms with van der Waals surface area (Å²) in [7, 11) is 0. The lowest BCUT2D eigenvalue weighted by atomic mass is 9.84. The predicted molar refractivity (Wildman–Crippen MR) is 89.2 cm³/mol. The van der Waals surface area contributed by atoms with Crippen LogP contribution < -0.4 is 5.32 Å². The number of rotatable bonds is 6. The van der Waals surface area contributed by atoms with Gasteiger partial charge in [-0.15, -0.1) is 11.3 Å². The zero-order valence-corrected chi connectivity index (χ0v) is 14.2. The molecule has 0 spiro atoms. The van der Waals surface area contributed by atoms with Crippen LogP contribution in [0.15, 0.2) is 12.1 Å². The smallest absolute Gasteiger partial charge is 0.220 e. The first kappa shape index (κ1) is 15.7. The number of amides is 1. The Hall–Kier alpha value is -1.16. The summed E-state index contributed by atoms with van der Waals surface area (Å²) in [6.45, 7) is 4.12. The molecule has 3 rings (SSSR count). The highest BCUT2D eigenvalue weighted by molar-refractivity contribution is 7.14. The van der Waals surface area contributed by atoms with Crippen LogP contribution in [0.25, 0.3) is 0 Å². The topological polar surface area (TPSA) is 46.2 Å². The molecular weight excluding hydrogens is 294 g/mol. The molecular formula is C18H25NO2S. The highest BCUT2D eigenvalue weighted by Gasteiger charge is 2.42. The van der Waals surface area contributed by atoms with Gasteiger partial charge in [-0.05, 0) is 63.0 Å². The third-order valence-corrected chi connectivity index (χ3v) is 6.46. The number of carbonyl (C=O) groups excluding carboxylic acids is 2. The van der Waals surface area contributed by atoms with Gasteiger partial charge in [0.1, 0.15) is 0 Å². The molecule has 4 unspecified atom stereocenters. The van der Waals surface area contributed by atoms with Crippen molar-refractivity contribution < 1.29 is 9.59 Å². The summed E-state index contributed by atoms with van der Waals surface area (Å²) in [5.41, 5.74) is 0. The highest BCUT2D eigenvalue weighted by atomic mass is 32.1. The summed E-state index contributed by atoms with van der Waals surface area (Å²) in [6, 6.07) is 4.06. The molecule has 4 atom stereocenters. The molecule has 2 aliphatic carbocycles. The first-order valence-corrected chi connectivity index (χ1v) is 9.23. The standard InChI is InChI=1S/C18H25NO2S/c1-11-3-7-17(22-11)16(20)6-8-18(21)19-12(2)15-10-13-4-5-14(15)9-13/h3,7,12-15H,4-6,8-10H2,1-2H3,(H,19,21). The van der Waals surface area contributed by atoms with E-state index in [1.165, 1.54) is 37.0 Å². The molecule has 2 aliphatic rings. The van der Waals surface area contributed by atoms with Gasteiger partial charge in [-0.3, -0.25) is 9.59 Å². The van der Waals surface area contributed by atoms with Gasteiger partial charge >= 0.3 is 0 Å². The molecule has 0 saturated heterocycles. The van der Waals surface area contributed by atoms with Gasteiger partial charge in [-0.1, -0.05) is 6.42 Å². The second kappa shape index (κ2) is 6.53. The Balaban J connectivity index is 1.43. The van der Waals surface area contributed by atoms with Crippen molar-refractivity contribution in [2.24, 2.45) is 17.8 Å². The van der Waals surface area contributed by atoms with Crippen LogP contribution in [-0.2, 0) is 4.79 Å². The largest absolute Gasteiger partial charge is 0.353 e.